The maximum Gasteiger partial charge on any atom is 0.270 e. The predicted octanol–water partition coefficient (Wildman–Crippen LogP) is 5.06. The van der Waals surface area contributed by atoms with Crippen molar-refractivity contribution in [2.75, 3.05) is 5.73 Å². The number of nitro benzene ring substituents is 1. The highest BCUT2D eigenvalue weighted by Crippen LogP contribution is 2.43. The van der Waals surface area contributed by atoms with E-state index in [0.717, 1.165) is 11.1 Å². The lowest BCUT2D eigenvalue weighted by molar-refractivity contribution is -0.385. The smallest absolute Gasteiger partial charge is 0.270 e. The molecular weight excluding hydrogens is 320 g/mol. The Bertz CT molecular complexity index is 799. The van der Waals surface area contributed by atoms with Gasteiger partial charge < -0.3 is 5.73 Å². The van der Waals surface area contributed by atoms with Crippen molar-refractivity contribution in [2.24, 2.45) is 0 Å². The molecule has 5 heteroatoms. The van der Waals surface area contributed by atoms with Crippen LogP contribution < -0.4 is 5.73 Å². The van der Waals surface area contributed by atoms with Crippen molar-refractivity contribution in [1.82, 2.24) is 0 Å². The lowest BCUT2D eigenvalue weighted by atomic mass is 10.0. The first-order chi connectivity index (χ1) is 11.6. The molecule has 0 aliphatic heterocycles. The van der Waals surface area contributed by atoms with Crippen molar-refractivity contribution in [3.05, 3.63) is 100 Å². The van der Waals surface area contributed by atoms with E-state index in [0.29, 0.717) is 10.6 Å². The number of nitrogens with two attached hydrogens (primary N) is 1. The Morgan fingerprint density at radius 3 is 1.92 bits per heavy atom. The van der Waals surface area contributed by atoms with Gasteiger partial charge in [0, 0.05) is 22.7 Å². The predicted molar refractivity (Wildman–Crippen MR) is 98.1 cm³/mol. The van der Waals surface area contributed by atoms with Crippen LogP contribution in [0.15, 0.2) is 83.8 Å². The lowest BCUT2D eigenvalue weighted by Crippen LogP contribution is -1.99. The molecule has 24 heavy (non-hydrogen) atoms. The molecule has 0 saturated heterocycles. The number of nitro groups is 1. The highest BCUT2D eigenvalue weighted by molar-refractivity contribution is 7.99. The van der Waals surface area contributed by atoms with Gasteiger partial charge in [-0.2, -0.15) is 0 Å². The molecule has 0 aromatic heterocycles. The zero-order valence-electron chi connectivity index (χ0n) is 12.8. The second-order valence-corrected chi connectivity index (χ2v) is 6.45. The summed E-state index contributed by atoms with van der Waals surface area (Å²) in [5, 5.41) is 11.1. The molecule has 3 aromatic rings. The third-order valence-corrected chi connectivity index (χ3v) is 5.04. The topological polar surface area (TPSA) is 69.2 Å². The van der Waals surface area contributed by atoms with Crippen LogP contribution >= 0.6 is 11.8 Å². The standard InChI is InChI=1S/C19H16N2O2S/c20-17-12-11-16(21(22)23)13-18(17)24-19(14-7-3-1-4-8-14)15-9-5-2-6-10-15/h1-13,19H,20H2. The normalized spacial score (nSPS) is 10.7. The molecule has 0 heterocycles. The van der Waals surface area contributed by atoms with Crippen molar-refractivity contribution in [2.45, 2.75) is 10.1 Å². The number of benzene rings is 3. The van der Waals surface area contributed by atoms with Crippen LogP contribution in [0, 0.1) is 10.1 Å². The van der Waals surface area contributed by atoms with E-state index in [1.807, 2.05) is 36.4 Å². The molecule has 3 aromatic carbocycles. The van der Waals surface area contributed by atoms with Gasteiger partial charge in [-0.15, -0.1) is 11.8 Å². The van der Waals surface area contributed by atoms with E-state index in [4.69, 9.17) is 5.73 Å². The summed E-state index contributed by atoms with van der Waals surface area (Å²) in [5.41, 5.74) is 8.89. The number of hydrogen-bond donors (Lipinski definition) is 1. The molecule has 4 nitrogen and oxygen atoms in total. The van der Waals surface area contributed by atoms with E-state index in [9.17, 15) is 10.1 Å². The van der Waals surface area contributed by atoms with E-state index >= 15 is 0 Å². The van der Waals surface area contributed by atoms with Crippen LogP contribution in [-0.2, 0) is 0 Å². The zero-order valence-corrected chi connectivity index (χ0v) is 13.6. The van der Waals surface area contributed by atoms with E-state index in [2.05, 4.69) is 24.3 Å². The summed E-state index contributed by atoms with van der Waals surface area (Å²) < 4.78 is 0. The average molecular weight is 336 g/mol. The summed E-state index contributed by atoms with van der Waals surface area (Å²) in [6, 6.07) is 24.7. The Balaban J connectivity index is 2.02. The summed E-state index contributed by atoms with van der Waals surface area (Å²) in [7, 11) is 0. The quantitative estimate of drug-likeness (QED) is 0.306. The molecule has 0 saturated carbocycles. The van der Waals surface area contributed by atoms with Gasteiger partial charge in [0.2, 0.25) is 0 Å². The van der Waals surface area contributed by atoms with Crippen LogP contribution in [0.2, 0.25) is 0 Å². The minimum absolute atomic E-state index is 0.0108. The van der Waals surface area contributed by atoms with E-state index in [1.165, 1.54) is 17.8 Å². The Labute approximate surface area is 144 Å². The molecule has 120 valence electrons. The van der Waals surface area contributed by atoms with E-state index in [-0.39, 0.29) is 10.9 Å². The first kappa shape index (κ1) is 16.1. The minimum Gasteiger partial charge on any atom is -0.398 e. The van der Waals surface area contributed by atoms with Crippen LogP contribution in [0.3, 0.4) is 0 Å². The number of hydrogen-bond acceptors (Lipinski definition) is 4. The van der Waals surface area contributed by atoms with Crippen LogP contribution in [0.25, 0.3) is 0 Å². The van der Waals surface area contributed by atoms with Crippen molar-refractivity contribution in [1.29, 1.82) is 0 Å². The fourth-order valence-corrected chi connectivity index (χ4v) is 3.68. The maximum atomic E-state index is 11.0. The SMILES string of the molecule is Nc1ccc([N+](=O)[O-])cc1SC(c1ccccc1)c1ccccc1. The number of thioether (sulfide) groups is 1. The second-order valence-electron chi connectivity index (χ2n) is 5.30. The number of nitrogen functional groups attached to an aromatic ring is 1. The van der Waals surface area contributed by atoms with Gasteiger partial charge in [-0.05, 0) is 17.2 Å². The Kier molecular flexibility index (Phi) is 4.82. The molecule has 0 amide bonds. The molecule has 0 radical (unpaired) electrons. The molecule has 0 aliphatic rings. The van der Waals surface area contributed by atoms with E-state index < -0.39 is 4.92 Å². The first-order valence-corrected chi connectivity index (χ1v) is 8.33. The molecule has 3 rings (SSSR count). The van der Waals surface area contributed by atoms with Crippen LogP contribution in [0.5, 0.6) is 0 Å². The zero-order chi connectivity index (χ0) is 16.9. The monoisotopic (exact) mass is 336 g/mol. The van der Waals surface area contributed by atoms with Gasteiger partial charge in [-0.3, -0.25) is 10.1 Å². The fraction of sp³-hybridized carbons (Fsp3) is 0.0526. The number of nitrogens with zero attached hydrogens (tertiary/aromatic N) is 1. The van der Waals surface area contributed by atoms with Gasteiger partial charge in [0.1, 0.15) is 0 Å². The van der Waals surface area contributed by atoms with Crippen molar-refractivity contribution >= 4 is 23.1 Å². The number of non-ortho nitro benzene ring substituents is 1. The number of anilines is 1. The summed E-state index contributed by atoms with van der Waals surface area (Å²) in [6.07, 6.45) is 0. The summed E-state index contributed by atoms with van der Waals surface area (Å²) in [6.45, 7) is 0. The Morgan fingerprint density at radius 1 is 0.875 bits per heavy atom. The van der Waals surface area contributed by atoms with Crippen molar-refractivity contribution in [3.8, 4) is 0 Å². The van der Waals surface area contributed by atoms with E-state index in [1.54, 1.807) is 12.1 Å². The summed E-state index contributed by atoms with van der Waals surface area (Å²) in [4.78, 5) is 11.4. The first-order valence-electron chi connectivity index (χ1n) is 7.45. The van der Waals surface area contributed by atoms with Gasteiger partial charge in [-0.1, -0.05) is 60.7 Å². The Morgan fingerprint density at radius 2 is 1.42 bits per heavy atom. The molecule has 0 unspecified atom stereocenters. The fourth-order valence-electron chi connectivity index (χ4n) is 2.45. The maximum absolute atomic E-state index is 11.0. The lowest BCUT2D eigenvalue weighted by Gasteiger charge is -2.18. The number of rotatable bonds is 5. The highest BCUT2D eigenvalue weighted by Gasteiger charge is 2.18. The van der Waals surface area contributed by atoms with Crippen LogP contribution in [-0.4, -0.2) is 4.92 Å². The largest absolute Gasteiger partial charge is 0.398 e. The summed E-state index contributed by atoms with van der Waals surface area (Å²) >= 11 is 1.52. The van der Waals surface area contributed by atoms with Gasteiger partial charge in [0.05, 0.1) is 10.2 Å². The molecule has 2 N–H and O–H groups in total. The van der Waals surface area contributed by atoms with Crippen molar-refractivity contribution in [3.63, 3.8) is 0 Å². The van der Waals surface area contributed by atoms with Gasteiger partial charge in [0.15, 0.2) is 0 Å². The third kappa shape index (κ3) is 3.58. The average Bonchev–Trinajstić information content (AvgIpc) is 2.62. The molecule has 0 fully saturated rings. The van der Waals surface area contributed by atoms with Crippen molar-refractivity contribution < 1.29 is 4.92 Å². The van der Waals surface area contributed by atoms with Gasteiger partial charge in [0.25, 0.3) is 5.69 Å². The highest BCUT2D eigenvalue weighted by atomic mass is 32.2. The molecule has 0 aliphatic carbocycles. The molecule has 0 spiro atoms. The third-order valence-electron chi connectivity index (χ3n) is 3.66. The second kappa shape index (κ2) is 7.19. The van der Waals surface area contributed by atoms with Gasteiger partial charge in [-0.25, -0.2) is 0 Å². The molecule has 0 atom stereocenters. The Hall–Kier alpha value is -2.79. The van der Waals surface area contributed by atoms with Gasteiger partial charge >= 0.3 is 0 Å². The van der Waals surface area contributed by atoms with Crippen LogP contribution in [0.1, 0.15) is 16.4 Å². The molecular formula is C19H16N2O2S. The van der Waals surface area contributed by atoms with Crippen LogP contribution in [0.4, 0.5) is 11.4 Å². The minimum atomic E-state index is -0.399. The summed E-state index contributed by atoms with van der Waals surface area (Å²) in [5.74, 6) is 0. The molecule has 0 bridgehead atoms.